The van der Waals surface area contributed by atoms with Crippen LogP contribution in [0.5, 0.6) is 5.75 Å². The molecule has 0 aromatic carbocycles. The molecule has 2 aromatic rings. The number of alkyl halides is 3. The van der Waals surface area contributed by atoms with E-state index in [1.54, 1.807) is 6.20 Å². The number of nitrogens with one attached hydrogen (secondary N) is 2. The zero-order valence-electron chi connectivity index (χ0n) is 16.4. The van der Waals surface area contributed by atoms with Crippen molar-refractivity contribution in [3.8, 4) is 5.75 Å². The summed E-state index contributed by atoms with van der Waals surface area (Å²) in [7, 11) is 0. The zero-order chi connectivity index (χ0) is 22.1. The standard InChI is InChI=1S/C19H21F3N4O2.CH2O.2H2/c1-12(14-6-7-23-17(8-14)25-9-13-2-3-13)26-18(27)16-5-4-15(10-24-16)28-11-19(20,21)22;1-2;;/h4-8,10,12-13H,2-3,9,11H2,1H3,(H,23,25)(H,26,27);1H2;2*1H. The van der Waals surface area contributed by atoms with E-state index in [9.17, 15) is 18.0 Å². The summed E-state index contributed by atoms with van der Waals surface area (Å²) < 4.78 is 41.0. The average molecular weight is 428 g/mol. The molecule has 1 atom stereocenters. The molecule has 0 aliphatic heterocycles. The van der Waals surface area contributed by atoms with Crippen LogP contribution < -0.4 is 15.4 Å². The van der Waals surface area contributed by atoms with E-state index >= 15 is 0 Å². The van der Waals surface area contributed by atoms with Gasteiger partial charge in [-0.2, -0.15) is 13.2 Å². The van der Waals surface area contributed by atoms with E-state index in [0.29, 0.717) is 0 Å². The number of carbonyl (C=O) groups is 2. The minimum atomic E-state index is -4.43. The summed E-state index contributed by atoms with van der Waals surface area (Å²) in [6.45, 7) is 3.32. The lowest BCUT2D eigenvalue weighted by molar-refractivity contribution is -0.153. The summed E-state index contributed by atoms with van der Waals surface area (Å²) in [4.78, 5) is 28.5. The van der Waals surface area contributed by atoms with Crippen molar-refractivity contribution in [2.45, 2.75) is 32.0 Å². The largest absolute Gasteiger partial charge is 0.483 e. The van der Waals surface area contributed by atoms with E-state index in [1.807, 2.05) is 25.8 Å². The van der Waals surface area contributed by atoms with Crippen LogP contribution in [0.4, 0.5) is 19.0 Å². The number of rotatable bonds is 8. The van der Waals surface area contributed by atoms with Crippen molar-refractivity contribution in [2.75, 3.05) is 18.5 Å². The van der Waals surface area contributed by atoms with Crippen molar-refractivity contribution in [1.82, 2.24) is 15.3 Å². The van der Waals surface area contributed by atoms with E-state index in [1.165, 1.54) is 25.0 Å². The molecular weight excluding hydrogens is 401 g/mol. The van der Waals surface area contributed by atoms with Crippen LogP contribution in [0.3, 0.4) is 0 Å². The Morgan fingerprint density at radius 1 is 1.30 bits per heavy atom. The van der Waals surface area contributed by atoms with Gasteiger partial charge in [0, 0.05) is 15.6 Å². The summed E-state index contributed by atoms with van der Waals surface area (Å²) in [5, 5.41) is 6.10. The molecule has 0 saturated heterocycles. The molecule has 7 nitrogen and oxygen atoms in total. The van der Waals surface area contributed by atoms with Crippen LogP contribution in [-0.2, 0) is 4.79 Å². The highest BCUT2D eigenvalue weighted by atomic mass is 19.4. The first-order valence-electron chi connectivity index (χ1n) is 9.25. The third kappa shape index (κ3) is 7.69. The molecule has 0 spiro atoms. The Labute approximate surface area is 175 Å². The predicted octanol–water partition coefficient (Wildman–Crippen LogP) is 4.04. The number of aromatic nitrogens is 2. The van der Waals surface area contributed by atoms with Crippen LogP contribution in [-0.4, -0.2) is 42.0 Å². The molecule has 1 amide bonds. The summed E-state index contributed by atoms with van der Waals surface area (Å²) in [6, 6.07) is 6.01. The first kappa shape index (κ1) is 23.1. The fraction of sp³-hybridized carbons (Fsp3) is 0.400. The molecule has 166 valence electrons. The zero-order valence-corrected chi connectivity index (χ0v) is 16.4. The Morgan fingerprint density at radius 2 is 2.03 bits per heavy atom. The summed E-state index contributed by atoms with van der Waals surface area (Å²) in [5.41, 5.74) is 0.971. The molecule has 1 unspecified atom stereocenters. The Hall–Kier alpha value is -3.17. The number of ether oxygens (including phenoxy) is 1. The van der Waals surface area contributed by atoms with Gasteiger partial charge in [-0.1, -0.05) is 0 Å². The molecule has 2 heterocycles. The smallest absolute Gasteiger partial charge is 0.422 e. The maximum Gasteiger partial charge on any atom is 0.422 e. The van der Waals surface area contributed by atoms with Crippen molar-refractivity contribution in [2.24, 2.45) is 5.92 Å². The maximum absolute atomic E-state index is 12.3. The molecule has 1 fully saturated rings. The molecule has 2 aromatic heterocycles. The van der Waals surface area contributed by atoms with Crippen molar-refractivity contribution < 1.29 is 30.4 Å². The molecule has 0 bridgehead atoms. The van der Waals surface area contributed by atoms with Gasteiger partial charge >= 0.3 is 6.18 Å². The number of amides is 1. The van der Waals surface area contributed by atoms with E-state index in [2.05, 4.69) is 25.3 Å². The monoisotopic (exact) mass is 428 g/mol. The number of pyridine rings is 2. The van der Waals surface area contributed by atoms with Crippen LogP contribution in [0, 0.1) is 5.92 Å². The maximum atomic E-state index is 12.3. The lowest BCUT2D eigenvalue weighted by atomic mass is 10.1. The van der Waals surface area contributed by atoms with Gasteiger partial charge in [0.25, 0.3) is 5.91 Å². The third-order valence-corrected chi connectivity index (χ3v) is 4.27. The van der Waals surface area contributed by atoms with Crippen LogP contribution in [0.1, 0.15) is 44.7 Å². The third-order valence-electron chi connectivity index (χ3n) is 4.27. The van der Waals surface area contributed by atoms with Gasteiger partial charge < -0.3 is 20.2 Å². The summed E-state index contributed by atoms with van der Waals surface area (Å²) in [5.74, 6) is 0.994. The van der Waals surface area contributed by atoms with Crippen molar-refractivity contribution in [3.05, 3.63) is 47.9 Å². The van der Waals surface area contributed by atoms with E-state index in [0.717, 1.165) is 30.0 Å². The fourth-order valence-electron chi connectivity index (χ4n) is 2.50. The first-order chi connectivity index (χ1) is 14.3. The van der Waals surface area contributed by atoms with Gasteiger partial charge in [0.1, 0.15) is 24.1 Å². The van der Waals surface area contributed by atoms with Gasteiger partial charge in [-0.3, -0.25) is 4.79 Å². The van der Waals surface area contributed by atoms with E-state index in [-0.39, 0.29) is 20.3 Å². The quantitative estimate of drug-likeness (QED) is 0.659. The average Bonchev–Trinajstić information content (AvgIpc) is 3.57. The molecule has 2 N–H and O–H groups in total. The lowest BCUT2D eigenvalue weighted by Gasteiger charge is -2.15. The highest BCUT2D eigenvalue weighted by Gasteiger charge is 2.28. The minimum absolute atomic E-state index is 0. The number of anilines is 1. The molecule has 1 aliphatic rings. The van der Waals surface area contributed by atoms with Crippen LogP contribution in [0.2, 0.25) is 0 Å². The second-order valence-corrected chi connectivity index (χ2v) is 6.78. The summed E-state index contributed by atoms with van der Waals surface area (Å²) >= 11 is 0. The Bertz CT molecular complexity index is 838. The number of halogens is 3. The first-order valence-corrected chi connectivity index (χ1v) is 9.25. The van der Waals surface area contributed by atoms with Crippen molar-refractivity contribution in [1.29, 1.82) is 0 Å². The van der Waals surface area contributed by atoms with Gasteiger partial charge in [0.15, 0.2) is 6.61 Å². The SMILES string of the molecule is C=O.CC(NC(=O)c1ccc(OCC(F)(F)F)cn1)c1ccnc(NCC2CC2)c1.[HH].[HH]. The number of carbonyl (C=O) groups excluding carboxylic acids is 2. The molecule has 3 rings (SSSR count). The Morgan fingerprint density at radius 3 is 2.63 bits per heavy atom. The normalized spacial score (nSPS) is 14.1. The van der Waals surface area contributed by atoms with Crippen molar-refractivity contribution in [3.63, 3.8) is 0 Å². The minimum Gasteiger partial charge on any atom is -0.483 e. The van der Waals surface area contributed by atoms with E-state index in [4.69, 9.17) is 4.79 Å². The number of hydrogen-bond acceptors (Lipinski definition) is 6. The second-order valence-electron chi connectivity index (χ2n) is 6.78. The highest BCUT2D eigenvalue weighted by molar-refractivity contribution is 5.92. The van der Waals surface area contributed by atoms with Gasteiger partial charge in [0.05, 0.1) is 12.2 Å². The molecule has 0 radical (unpaired) electrons. The Kier molecular flexibility index (Phi) is 8.14. The van der Waals surface area contributed by atoms with Gasteiger partial charge in [-0.05, 0) is 55.5 Å². The molecular formula is C20H27F3N4O3. The topological polar surface area (TPSA) is 93.2 Å². The van der Waals surface area contributed by atoms with Crippen LogP contribution in [0.15, 0.2) is 36.7 Å². The van der Waals surface area contributed by atoms with Crippen molar-refractivity contribution >= 4 is 18.5 Å². The van der Waals surface area contributed by atoms with Crippen LogP contribution >= 0.6 is 0 Å². The van der Waals surface area contributed by atoms with Gasteiger partial charge in [0.2, 0.25) is 0 Å². The fourth-order valence-corrected chi connectivity index (χ4v) is 2.50. The second kappa shape index (κ2) is 10.6. The van der Waals surface area contributed by atoms with Gasteiger partial charge in [-0.15, -0.1) is 0 Å². The van der Waals surface area contributed by atoms with Gasteiger partial charge in [-0.25, -0.2) is 9.97 Å². The predicted molar refractivity (Wildman–Crippen MR) is 108 cm³/mol. The number of nitrogens with zero attached hydrogens (tertiary/aromatic N) is 2. The molecule has 30 heavy (non-hydrogen) atoms. The molecule has 1 aliphatic carbocycles. The number of hydrogen-bond donors (Lipinski definition) is 2. The van der Waals surface area contributed by atoms with Crippen LogP contribution in [0.25, 0.3) is 0 Å². The molecule has 10 heteroatoms. The Balaban J connectivity index is 0.00000234. The highest BCUT2D eigenvalue weighted by Crippen LogP contribution is 2.29. The lowest BCUT2D eigenvalue weighted by Crippen LogP contribution is -2.27. The van der Waals surface area contributed by atoms with E-state index < -0.39 is 18.7 Å². The summed E-state index contributed by atoms with van der Waals surface area (Å²) in [6.07, 6.45) is 0.830. The molecule has 1 saturated carbocycles.